The Bertz CT molecular complexity index is 49.7. The summed E-state index contributed by atoms with van der Waals surface area (Å²) in [6.45, 7) is 3.63. The Hall–Kier alpha value is 0.210. The van der Waals surface area contributed by atoms with Gasteiger partial charge in [0.15, 0.2) is 0 Å². The summed E-state index contributed by atoms with van der Waals surface area (Å²) in [4.78, 5) is 0. The van der Waals surface area contributed by atoms with E-state index in [1.165, 1.54) is 0 Å². The summed E-state index contributed by atoms with van der Waals surface area (Å²) in [6.07, 6.45) is 0.719. The number of halogens is 1. The molecule has 0 spiro atoms. The lowest BCUT2D eigenvalue weighted by atomic mass is 10.2. The maximum Gasteiger partial charge on any atom is 0.134 e. The molecule has 0 saturated heterocycles. The Morgan fingerprint density at radius 2 is 2.29 bits per heavy atom. The zero-order chi connectivity index (χ0) is 5.91. The van der Waals surface area contributed by atoms with Crippen molar-refractivity contribution in [3.63, 3.8) is 0 Å². The van der Waals surface area contributed by atoms with Crippen LogP contribution in [0.5, 0.6) is 0 Å². The Labute approximate surface area is 48.8 Å². The van der Waals surface area contributed by atoms with E-state index in [4.69, 9.17) is 17.6 Å². The highest BCUT2D eigenvalue weighted by molar-refractivity contribution is 6.07. The van der Waals surface area contributed by atoms with E-state index >= 15 is 0 Å². The van der Waals surface area contributed by atoms with Crippen molar-refractivity contribution < 1.29 is 4.29 Å². The summed E-state index contributed by atoms with van der Waals surface area (Å²) in [5.41, 5.74) is 4.71. The molecule has 0 amide bonds. The SMILES string of the molecule is CC[C@@](C)(N)OCl. The van der Waals surface area contributed by atoms with Crippen LogP contribution in [0.1, 0.15) is 20.3 Å². The largest absolute Gasteiger partial charge is 0.302 e. The van der Waals surface area contributed by atoms with Crippen molar-refractivity contribution in [1.29, 1.82) is 0 Å². The predicted octanol–water partition coefficient (Wildman–Crippen LogP) is 1.24. The molecule has 0 rings (SSSR count). The van der Waals surface area contributed by atoms with Gasteiger partial charge in [-0.1, -0.05) is 6.92 Å². The minimum atomic E-state index is -0.651. The van der Waals surface area contributed by atoms with Crippen LogP contribution in [-0.4, -0.2) is 5.72 Å². The van der Waals surface area contributed by atoms with Crippen LogP contribution >= 0.6 is 11.9 Å². The molecule has 44 valence electrons. The summed E-state index contributed by atoms with van der Waals surface area (Å²) in [5.74, 6) is 0. The van der Waals surface area contributed by atoms with Gasteiger partial charge in [-0.15, -0.1) is 0 Å². The summed E-state index contributed by atoms with van der Waals surface area (Å²) in [6, 6.07) is 0. The second-order valence-corrected chi connectivity index (χ2v) is 1.90. The van der Waals surface area contributed by atoms with Crippen molar-refractivity contribution in [1.82, 2.24) is 0 Å². The standard InChI is InChI=1S/C4H10ClNO/c1-3-4(2,6)7-5/h3,6H2,1-2H3/t4-/m0/s1. The van der Waals surface area contributed by atoms with E-state index in [2.05, 4.69) is 4.29 Å². The second kappa shape index (κ2) is 2.50. The average molecular weight is 124 g/mol. The first-order valence-corrected chi connectivity index (χ1v) is 2.52. The summed E-state index contributed by atoms with van der Waals surface area (Å²) >= 11 is 4.97. The minimum Gasteiger partial charge on any atom is -0.302 e. The third-order valence-corrected chi connectivity index (χ3v) is 1.23. The molecule has 0 aliphatic heterocycles. The predicted molar refractivity (Wildman–Crippen MR) is 29.8 cm³/mol. The van der Waals surface area contributed by atoms with Crippen LogP contribution in [0, 0.1) is 0 Å². The summed E-state index contributed by atoms with van der Waals surface area (Å²) < 4.78 is 4.34. The number of hydrogen-bond donors (Lipinski definition) is 1. The maximum atomic E-state index is 5.36. The molecule has 0 unspecified atom stereocenters. The Balaban J connectivity index is 3.36. The fourth-order valence-electron chi connectivity index (χ4n) is 0.0546. The van der Waals surface area contributed by atoms with Crippen molar-refractivity contribution in [3.05, 3.63) is 0 Å². The third-order valence-electron chi connectivity index (χ3n) is 0.878. The van der Waals surface area contributed by atoms with Crippen molar-refractivity contribution in [2.24, 2.45) is 5.73 Å². The topological polar surface area (TPSA) is 35.2 Å². The maximum absolute atomic E-state index is 5.36. The first kappa shape index (κ1) is 7.21. The van der Waals surface area contributed by atoms with Crippen molar-refractivity contribution in [2.45, 2.75) is 26.0 Å². The highest BCUT2D eigenvalue weighted by Crippen LogP contribution is 2.07. The van der Waals surface area contributed by atoms with E-state index in [1.807, 2.05) is 6.92 Å². The van der Waals surface area contributed by atoms with Gasteiger partial charge in [0.2, 0.25) is 0 Å². The van der Waals surface area contributed by atoms with Crippen molar-refractivity contribution in [3.8, 4) is 0 Å². The highest BCUT2D eigenvalue weighted by Gasteiger charge is 2.13. The van der Waals surface area contributed by atoms with Gasteiger partial charge in [0.1, 0.15) is 5.72 Å². The van der Waals surface area contributed by atoms with Crippen LogP contribution in [0.15, 0.2) is 0 Å². The number of hydrogen-bond acceptors (Lipinski definition) is 2. The fourth-order valence-corrected chi connectivity index (χ4v) is 0.164. The molecule has 0 aromatic heterocycles. The van der Waals surface area contributed by atoms with E-state index < -0.39 is 5.72 Å². The van der Waals surface area contributed by atoms with Gasteiger partial charge in [0, 0.05) is 0 Å². The third kappa shape index (κ3) is 2.85. The summed E-state index contributed by atoms with van der Waals surface area (Å²) in [5, 5.41) is 0. The molecule has 0 bridgehead atoms. The van der Waals surface area contributed by atoms with Gasteiger partial charge >= 0.3 is 0 Å². The molecule has 0 aliphatic carbocycles. The molecular weight excluding hydrogens is 114 g/mol. The molecule has 1 atom stereocenters. The van der Waals surface area contributed by atoms with Gasteiger partial charge in [-0.3, -0.25) is 4.29 Å². The smallest absolute Gasteiger partial charge is 0.134 e. The molecule has 0 heterocycles. The molecule has 0 aromatic carbocycles. The Morgan fingerprint density at radius 1 is 1.86 bits per heavy atom. The molecule has 7 heavy (non-hydrogen) atoms. The number of rotatable bonds is 2. The lowest BCUT2D eigenvalue weighted by Gasteiger charge is -2.16. The van der Waals surface area contributed by atoms with Crippen molar-refractivity contribution in [2.75, 3.05) is 0 Å². The molecule has 3 heteroatoms. The minimum absolute atomic E-state index is 0.651. The highest BCUT2D eigenvalue weighted by atomic mass is 35.5. The first-order valence-electron chi connectivity index (χ1n) is 2.21. The van der Waals surface area contributed by atoms with E-state index in [1.54, 1.807) is 6.92 Å². The molecule has 2 nitrogen and oxygen atoms in total. The van der Waals surface area contributed by atoms with E-state index in [0.29, 0.717) is 0 Å². The van der Waals surface area contributed by atoms with Gasteiger partial charge < -0.3 is 5.73 Å². The Morgan fingerprint density at radius 3 is 2.29 bits per heavy atom. The monoisotopic (exact) mass is 123 g/mol. The van der Waals surface area contributed by atoms with E-state index in [0.717, 1.165) is 6.42 Å². The fraction of sp³-hybridized carbons (Fsp3) is 1.00. The second-order valence-electron chi connectivity index (χ2n) is 1.74. The zero-order valence-corrected chi connectivity index (χ0v) is 5.33. The van der Waals surface area contributed by atoms with Gasteiger partial charge in [0.25, 0.3) is 0 Å². The Kier molecular flexibility index (Phi) is 2.58. The molecule has 0 aromatic rings. The lowest BCUT2D eigenvalue weighted by molar-refractivity contribution is 0.106. The van der Waals surface area contributed by atoms with Gasteiger partial charge in [-0.25, -0.2) is 0 Å². The van der Waals surface area contributed by atoms with Crippen LogP contribution in [-0.2, 0) is 4.29 Å². The van der Waals surface area contributed by atoms with Crippen LogP contribution < -0.4 is 5.73 Å². The average Bonchev–Trinajstić information content (AvgIpc) is 1.68. The molecule has 0 fully saturated rings. The van der Waals surface area contributed by atoms with Crippen LogP contribution in [0.4, 0.5) is 0 Å². The first-order chi connectivity index (χ1) is 3.12. The van der Waals surface area contributed by atoms with Gasteiger partial charge in [-0.05, 0) is 13.3 Å². The van der Waals surface area contributed by atoms with Crippen LogP contribution in [0.25, 0.3) is 0 Å². The summed E-state index contributed by atoms with van der Waals surface area (Å²) in [7, 11) is 0. The number of nitrogens with two attached hydrogens (primary N) is 1. The quantitative estimate of drug-likeness (QED) is 0.561. The molecule has 2 N–H and O–H groups in total. The van der Waals surface area contributed by atoms with E-state index in [-0.39, 0.29) is 0 Å². The van der Waals surface area contributed by atoms with Crippen LogP contribution in [0.3, 0.4) is 0 Å². The van der Waals surface area contributed by atoms with Gasteiger partial charge in [-0.2, -0.15) is 0 Å². The molecule has 0 saturated carbocycles. The molecular formula is C4H10ClNO. The normalized spacial score (nSPS) is 18.9. The molecule has 0 aliphatic rings. The zero-order valence-electron chi connectivity index (χ0n) is 4.57. The van der Waals surface area contributed by atoms with Crippen LogP contribution in [0.2, 0.25) is 0 Å². The van der Waals surface area contributed by atoms with Gasteiger partial charge in [0.05, 0.1) is 11.9 Å². The lowest BCUT2D eigenvalue weighted by Crippen LogP contribution is -2.35. The van der Waals surface area contributed by atoms with Crippen molar-refractivity contribution >= 4 is 11.9 Å². The molecule has 0 radical (unpaired) electrons. The van der Waals surface area contributed by atoms with E-state index in [9.17, 15) is 0 Å².